The normalized spacial score (nSPS) is 14.6. The summed E-state index contributed by atoms with van der Waals surface area (Å²) in [4.78, 5) is 164. The lowest BCUT2D eigenvalue weighted by atomic mass is 9.98. The van der Waals surface area contributed by atoms with Crippen LogP contribution >= 0.6 is 0 Å². The number of H-pyrrole nitrogens is 1. The number of benzene rings is 2. The summed E-state index contributed by atoms with van der Waals surface area (Å²) in [6.45, 7) is 14.2. The van der Waals surface area contributed by atoms with E-state index in [1.807, 2.05) is 0 Å². The quantitative estimate of drug-likeness (QED) is 0.0378. The fraction of sp³-hybridized carbons (Fsp3) is 0.559. The number of aliphatic carboxylic acids is 2. The molecule has 85 heavy (non-hydrogen) atoms. The number of fused-ring (bicyclic) bond motifs is 1. The van der Waals surface area contributed by atoms with E-state index in [1.165, 1.54) is 0 Å². The van der Waals surface area contributed by atoms with Gasteiger partial charge >= 0.3 is 11.9 Å². The van der Waals surface area contributed by atoms with Crippen molar-refractivity contribution in [1.29, 1.82) is 0 Å². The number of primary amides is 2. The van der Waals surface area contributed by atoms with E-state index >= 15 is 0 Å². The number of carbonyl (C=O) groups excluding carboxylic acids is 10. The lowest BCUT2D eigenvalue weighted by Crippen LogP contribution is -2.61. The van der Waals surface area contributed by atoms with E-state index < -0.39 is 145 Å². The minimum Gasteiger partial charge on any atom is -0.481 e. The molecule has 0 bridgehead atoms. The van der Waals surface area contributed by atoms with Crippen LogP contribution in [-0.2, 0) is 70.4 Å². The van der Waals surface area contributed by atoms with Gasteiger partial charge in [-0.25, -0.2) is 4.79 Å². The third kappa shape index (κ3) is 25.5. The summed E-state index contributed by atoms with van der Waals surface area (Å²) < 4.78 is 0. The maximum absolute atomic E-state index is 14.7. The number of para-hydroxylation sites is 1. The van der Waals surface area contributed by atoms with Crippen molar-refractivity contribution in [2.24, 2.45) is 40.9 Å². The van der Waals surface area contributed by atoms with Gasteiger partial charge in [0.05, 0.1) is 6.04 Å². The molecule has 3 aromatic rings. The lowest BCUT2D eigenvalue weighted by Gasteiger charge is -2.29. The van der Waals surface area contributed by atoms with Gasteiger partial charge in [-0.3, -0.25) is 52.7 Å². The third-order valence-electron chi connectivity index (χ3n) is 13.6. The Morgan fingerprint density at radius 2 is 0.776 bits per heavy atom. The van der Waals surface area contributed by atoms with Gasteiger partial charge in [0.15, 0.2) is 0 Å². The molecule has 0 saturated carbocycles. The van der Waals surface area contributed by atoms with E-state index in [0.29, 0.717) is 22.0 Å². The van der Waals surface area contributed by atoms with Gasteiger partial charge in [-0.05, 0) is 85.8 Å². The standard InChI is InChI=1S/C59H88N12O14/c1-31(2)24-42(66-51(76)38(60)18-21-48(61)72)55(80)70-46(29-36-30-63-39-17-13-12-16-37(36)39)58(83)64-40(19-22-49(62)73)52(77)69-45(28-35-14-10-9-11-15-35)57(82)68-44(26-33(5)6)56(81)67-43(25-32(3)4)54(79)65-41(20-23-50(74)75)53(78)71-47(59(84)85)27-34(7)8/h9-17,30-34,38,40-47,63H,18-29,60H2,1-8H3,(H2,61,72)(H2,62,73)(H,64,83)(H,65,79)(H,66,76)(H,67,81)(H,68,82)(H,69,77)(H,70,80)(H,71,78)(H,74,75)(H,84,85)/t38-,40-,41-,42-,43-,44-,45-,46-,47-/m0/s1. The van der Waals surface area contributed by atoms with Crippen LogP contribution in [0.5, 0.6) is 0 Å². The first-order valence-electron chi connectivity index (χ1n) is 28.7. The van der Waals surface area contributed by atoms with Crippen molar-refractivity contribution in [3.8, 4) is 0 Å². The van der Waals surface area contributed by atoms with E-state index in [-0.39, 0.29) is 81.5 Å². The Morgan fingerprint density at radius 1 is 0.424 bits per heavy atom. The summed E-state index contributed by atoms with van der Waals surface area (Å²) in [5.41, 5.74) is 18.7. The number of carbonyl (C=O) groups is 12. The fourth-order valence-corrected chi connectivity index (χ4v) is 9.30. The SMILES string of the molecule is CC(C)C[C@H](NC(=O)[C@H](CCC(=O)O)NC(=O)[C@H](CC(C)C)NC(=O)[C@H](CC(C)C)NC(=O)[C@H](Cc1ccccc1)NC(=O)[C@H](CCC(N)=O)NC(=O)[C@H](Cc1c[nH]c2ccccc12)NC(=O)[C@H](CC(C)C)NC(=O)[C@@H](N)CCC(N)=O)C(=O)O. The molecule has 9 atom stereocenters. The Kier molecular flexibility index (Phi) is 29.2. The molecule has 0 fully saturated rings. The van der Waals surface area contributed by atoms with Gasteiger partial charge in [0.1, 0.15) is 48.3 Å². The van der Waals surface area contributed by atoms with Crippen molar-refractivity contribution < 1.29 is 67.7 Å². The molecule has 26 heteroatoms. The summed E-state index contributed by atoms with van der Waals surface area (Å²) in [5, 5.41) is 41.0. The number of carboxylic acids is 2. The molecule has 26 nitrogen and oxygen atoms in total. The third-order valence-corrected chi connectivity index (χ3v) is 13.6. The van der Waals surface area contributed by atoms with E-state index in [2.05, 4.69) is 47.5 Å². The molecule has 2 aromatic carbocycles. The van der Waals surface area contributed by atoms with Gasteiger partial charge in [-0.2, -0.15) is 0 Å². The second-order valence-electron chi connectivity index (χ2n) is 23.1. The first-order chi connectivity index (χ1) is 39.9. The second-order valence-corrected chi connectivity index (χ2v) is 23.1. The van der Waals surface area contributed by atoms with E-state index in [4.69, 9.17) is 17.2 Å². The van der Waals surface area contributed by atoms with E-state index in [1.54, 1.807) is 116 Å². The molecule has 17 N–H and O–H groups in total. The van der Waals surface area contributed by atoms with Gasteiger partial charge in [-0.15, -0.1) is 0 Å². The smallest absolute Gasteiger partial charge is 0.326 e. The Bertz CT molecular complexity index is 2790. The summed E-state index contributed by atoms with van der Waals surface area (Å²) in [7, 11) is 0. The number of nitrogens with two attached hydrogens (primary N) is 3. The number of hydrogen-bond donors (Lipinski definition) is 14. The summed E-state index contributed by atoms with van der Waals surface area (Å²) in [6.07, 6.45) is -0.639. The minimum absolute atomic E-state index is 0.000298. The molecular weight excluding hydrogens is 1100 g/mol. The molecule has 0 aliphatic carbocycles. The monoisotopic (exact) mass is 1190 g/mol. The van der Waals surface area contributed by atoms with Crippen LogP contribution in [0.2, 0.25) is 0 Å². The molecule has 0 saturated heterocycles. The Labute approximate surface area is 495 Å². The maximum Gasteiger partial charge on any atom is 0.326 e. The topological polar surface area (TPSA) is 435 Å². The number of aromatic nitrogens is 1. The molecule has 0 unspecified atom stereocenters. The van der Waals surface area contributed by atoms with Gasteiger partial charge in [0, 0.05) is 49.2 Å². The predicted molar refractivity (Wildman–Crippen MR) is 315 cm³/mol. The molecule has 0 aliphatic rings. The molecule has 1 aromatic heterocycles. The molecule has 0 radical (unpaired) electrons. The van der Waals surface area contributed by atoms with E-state index in [0.717, 1.165) is 0 Å². The van der Waals surface area contributed by atoms with Crippen LogP contribution in [-0.4, -0.2) is 141 Å². The van der Waals surface area contributed by atoms with Crippen molar-refractivity contribution in [1.82, 2.24) is 47.5 Å². The Morgan fingerprint density at radius 3 is 1.22 bits per heavy atom. The highest BCUT2D eigenvalue weighted by Gasteiger charge is 2.36. The average Bonchev–Trinajstić information content (AvgIpc) is 3.15. The Hall–Kier alpha value is -8.42. The average molecular weight is 1190 g/mol. The first kappa shape index (κ1) is 70.8. The van der Waals surface area contributed by atoms with Gasteiger partial charge < -0.3 is 74.9 Å². The zero-order valence-electron chi connectivity index (χ0n) is 49.8. The van der Waals surface area contributed by atoms with Crippen molar-refractivity contribution in [2.45, 2.75) is 187 Å². The summed E-state index contributed by atoms with van der Waals surface area (Å²) >= 11 is 0. The summed E-state index contributed by atoms with van der Waals surface area (Å²) in [6, 6.07) is 3.13. The predicted octanol–water partition coefficient (Wildman–Crippen LogP) is 0.824. The largest absolute Gasteiger partial charge is 0.481 e. The van der Waals surface area contributed by atoms with Crippen LogP contribution in [0.4, 0.5) is 0 Å². The minimum atomic E-state index is -1.58. The molecule has 1 heterocycles. The number of carboxylic acid groups (broad SMARTS) is 2. The van der Waals surface area contributed by atoms with Crippen LogP contribution in [0.1, 0.15) is 131 Å². The van der Waals surface area contributed by atoms with Crippen LogP contribution in [0.25, 0.3) is 10.9 Å². The molecule has 468 valence electrons. The molecule has 3 rings (SSSR count). The number of amides is 10. The van der Waals surface area contributed by atoms with E-state index in [9.17, 15) is 67.7 Å². The number of hydrogen-bond acceptors (Lipinski definition) is 13. The number of nitrogens with one attached hydrogen (secondary N) is 9. The van der Waals surface area contributed by atoms with Gasteiger partial charge in [0.2, 0.25) is 59.1 Å². The van der Waals surface area contributed by atoms with Gasteiger partial charge in [0.25, 0.3) is 0 Å². The highest BCUT2D eigenvalue weighted by molar-refractivity contribution is 5.99. The first-order valence-corrected chi connectivity index (χ1v) is 28.7. The van der Waals surface area contributed by atoms with Crippen molar-refractivity contribution in [2.75, 3.05) is 0 Å². The zero-order chi connectivity index (χ0) is 63.7. The Balaban J connectivity index is 2.02. The lowest BCUT2D eigenvalue weighted by molar-refractivity contribution is -0.143. The molecule has 0 spiro atoms. The number of aromatic amines is 1. The van der Waals surface area contributed by atoms with Crippen LogP contribution < -0.4 is 59.7 Å². The zero-order valence-corrected chi connectivity index (χ0v) is 49.8. The molecule has 0 aliphatic heterocycles. The highest BCUT2D eigenvalue weighted by Crippen LogP contribution is 2.21. The maximum atomic E-state index is 14.7. The highest BCUT2D eigenvalue weighted by atomic mass is 16.4. The van der Waals surface area contributed by atoms with Crippen molar-refractivity contribution >= 4 is 81.9 Å². The second kappa shape index (κ2) is 35.0. The fourth-order valence-electron chi connectivity index (χ4n) is 9.30. The van der Waals surface area contributed by atoms with Crippen molar-refractivity contribution in [3.63, 3.8) is 0 Å². The van der Waals surface area contributed by atoms with Crippen LogP contribution in [0.3, 0.4) is 0 Å². The number of rotatable bonds is 38. The van der Waals surface area contributed by atoms with Crippen molar-refractivity contribution in [3.05, 3.63) is 71.9 Å². The molecular formula is C59H88N12O14. The van der Waals surface area contributed by atoms with Crippen LogP contribution in [0.15, 0.2) is 60.8 Å². The molecule has 10 amide bonds. The summed E-state index contributed by atoms with van der Waals surface area (Å²) in [5.74, 6) is -11.9. The van der Waals surface area contributed by atoms with Crippen LogP contribution in [0, 0.1) is 23.7 Å². The van der Waals surface area contributed by atoms with Gasteiger partial charge in [-0.1, -0.05) is 104 Å².